The molecule has 1 aliphatic carbocycles. The molecule has 2 fully saturated rings. The molecule has 70 valence electrons. The number of nitrogens with zero attached hydrogens (tertiary/aromatic N) is 1. The van der Waals surface area contributed by atoms with Gasteiger partial charge in [-0.15, -0.1) is 0 Å². The van der Waals surface area contributed by atoms with Gasteiger partial charge in [-0.1, -0.05) is 0 Å². The molecule has 0 aromatic heterocycles. The van der Waals surface area contributed by atoms with E-state index >= 15 is 0 Å². The molecule has 1 saturated heterocycles. The Balaban J connectivity index is 1.64. The summed E-state index contributed by atoms with van der Waals surface area (Å²) in [7, 11) is 0. The van der Waals surface area contributed by atoms with Crippen molar-refractivity contribution in [2.45, 2.75) is 31.7 Å². The summed E-state index contributed by atoms with van der Waals surface area (Å²) in [5.74, 6) is 1.02. The molecule has 1 atom stereocenters. The quantitative estimate of drug-likeness (QED) is 0.626. The zero-order chi connectivity index (χ0) is 8.39. The van der Waals surface area contributed by atoms with E-state index in [1.165, 1.54) is 45.3 Å². The highest BCUT2D eigenvalue weighted by atomic mass is 127. The van der Waals surface area contributed by atoms with Crippen molar-refractivity contribution in [2.24, 2.45) is 5.92 Å². The molecular formula is C9H17IN2. The molecule has 12 heavy (non-hydrogen) atoms. The molecule has 2 rings (SSSR count). The van der Waals surface area contributed by atoms with Crippen LogP contribution in [0.25, 0.3) is 0 Å². The van der Waals surface area contributed by atoms with Gasteiger partial charge in [-0.3, -0.25) is 0 Å². The van der Waals surface area contributed by atoms with E-state index in [9.17, 15) is 0 Å². The molecule has 1 saturated carbocycles. The van der Waals surface area contributed by atoms with E-state index in [4.69, 9.17) is 0 Å². The van der Waals surface area contributed by atoms with E-state index in [0.29, 0.717) is 0 Å². The van der Waals surface area contributed by atoms with Gasteiger partial charge in [-0.2, -0.15) is 0 Å². The van der Waals surface area contributed by atoms with Crippen molar-refractivity contribution >= 4 is 22.9 Å². The van der Waals surface area contributed by atoms with Crippen LogP contribution in [0.4, 0.5) is 0 Å². The lowest BCUT2D eigenvalue weighted by atomic mass is 10.1. The first-order valence-corrected chi connectivity index (χ1v) is 5.95. The van der Waals surface area contributed by atoms with Gasteiger partial charge < -0.3 is 5.32 Å². The van der Waals surface area contributed by atoms with E-state index < -0.39 is 0 Å². The maximum absolute atomic E-state index is 3.67. The first-order valence-electron chi connectivity index (χ1n) is 4.98. The van der Waals surface area contributed by atoms with Gasteiger partial charge in [-0.05, 0) is 38.1 Å². The molecule has 1 N–H and O–H groups in total. The van der Waals surface area contributed by atoms with Gasteiger partial charge in [0, 0.05) is 42.0 Å². The van der Waals surface area contributed by atoms with Gasteiger partial charge in [-0.25, -0.2) is 3.11 Å². The van der Waals surface area contributed by atoms with Crippen molar-refractivity contribution < 1.29 is 0 Å². The van der Waals surface area contributed by atoms with Crippen LogP contribution in [-0.2, 0) is 0 Å². The maximum atomic E-state index is 3.67. The molecule has 3 heteroatoms. The van der Waals surface area contributed by atoms with Gasteiger partial charge in [0.25, 0.3) is 0 Å². The fourth-order valence-corrected chi connectivity index (χ4v) is 2.57. The number of hydrogen-bond acceptors (Lipinski definition) is 2. The predicted octanol–water partition coefficient (Wildman–Crippen LogP) is 1.80. The van der Waals surface area contributed by atoms with Gasteiger partial charge in [0.15, 0.2) is 0 Å². The van der Waals surface area contributed by atoms with Crippen molar-refractivity contribution in [3.8, 4) is 0 Å². The van der Waals surface area contributed by atoms with Crippen LogP contribution >= 0.6 is 22.9 Å². The Morgan fingerprint density at radius 1 is 1.33 bits per heavy atom. The second-order valence-corrected chi connectivity index (χ2v) is 5.42. The van der Waals surface area contributed by atoms with Gasteiger partial charge in [0.2, 0.25) is 0 Å². The lowest BCUT2D eigenvalue weighted by molar-refractivity contribution is 0.318. The smallest absolute Gasteiger partial charge is 0.0235 e. The second-order valence-electron chi connectivity index (χ2n) is 4.06. The first-order chi connectivity index (χ1) is 5.84. The van der Waals surface area contributed by atoms with Crippen molar-refractivity contribution in [1.82, 2.24) is 8.43 Å². The normalized spacial score (nSPS) is 32.2. The number of hydrogen-bond donors (Lipinski definition) is 1. The molecule has 0 unspecified atom stereocenters. The Morgan fingerprint density at radius 3 is 2.83 bits per heavy atom. The Bertz CT molecular complexity index is 147. The minimum atomic E-state index is 0.774. The number of nitrogens with one attached hydrogen (secondary N) is 1. The fraction of sp³-hybridized carbons (Fsp3) is 1.00. The largest absolute Gasteiger partial charge is 0.312 e. The minimum Gasteiger partial charge on any atom is -0.312 e. The Hall–Kier alpha value is 0.650. The summed E-state index contributed by atoms with van der Waals surface area (Å²) in [6, 6.07) is 0.774. The van der Waals surface area contributed by atoms with Crippen LogP contribution < -0.4 is 5.32 Å². The zero-order valence-electron chi connectivity index (χ0n) is 7.43. The summed E-state index contributed by atoms with van der Waals surface area (Å²) in [5.41, 5.74) is 0. The number of halogens is 1. The molecule has 0 aromatic carbocycles. The average Bonchev–Trinajstić information content (AvgIpc) is 2.84. The van der Waals surface area contributed by atoms with Crippen LogP contribution in [-0.4, -0.2) is 28.8 Å². The van der Waals surface area contributed by atoms with Crippen molar-refractivity contribution in [3.05, 3.63) is 0 Å². The van der Waals surface area contributed by atoms with E-state index in [0.717, 1.165) is 12.0 Å². The van der Waals surface area contributed by atoms with Crippen LogP contribution in [0, 0.1) is 5.92 Å². The highest BCUT2D eigenvalue weighted by Crippen LogP contribution is 2.28. The summed E-state index contributed by atoms with van der Waals surface area (Å²) in [4.78, 5) is 0. The second kappa shape index (κ2) is 4.24. The molecule has 1 aliphatic heterocycles. The monoisotopic (exact) mass is 280 g/mol. The maximum Gasteiger partial charge on any atom is 0.0235 e. The highest BCUT2D eigenvalue weighted by Gasteiger charge is 2.23. The molecule has 2 aliphatic rings. The third-order valence-electron chi connectivity index (χ3n) is 2.76. The van der Waals surface area contributed by atoms with Crippen molar-refractivity contribution in [3.63, 3.8) is 0 Å². The summed E-state index contributed by atoms with van der Waals surface area (Å²) < 4.78 is 2.41. The lowest BCUT2D eigenvalue weighted by Crippen LogP contribution is -2.42. The van der Waals surface area contributed by atoms with Crippen LogP contribution in [0.3, 0.4) is 0 Å². The molecule has 0 radical (unpaired) electrons. The van der Waals surface area contributed by atoms with Gasteiger partial charge in [0.05, 0.1) is 0 Å². The zero-order valence-corrected chi connectivity index (χ0v) is 9.59. The lowest BCUT2D eigenvalue weighted by Gasteiger charge is -2.28. The van der Waals surface area contributed by atoms with Crippen LogP contribution in [0.5, 0.6) is 0 Å². The van der Waals surface area contributed by atoms with Crippen LogP contribution in [0.15, 0.2) is 0 Å². The summed E-state index contributed by atoms with van der Waals surface area (Å²) in [5, 5.41) is 3.67. The van der Waals surface area contributed by atoms with Gasteiger partial charge in [0.1, 0.15) is 0 Å². The average molecular weight is 280 g/mol. The van der Waals surface area contributed by atoms with E-state index in [-0.39, 0.29) is 0 Å². The standard InChI is InChI=1S/C9H17IN2/c10-12-5-1-2-9(7-12)11-6-8-3-4-8/h8-9,11H,1-7H2/t9-/m1/s1. The van der Waals surface area contributed by atoms with Crippen LogP contribution in [0.1, 0.15) is 25.7 Å². The molecule has 1 heterocycles. The van der Waals surface area contributed by atoms with Gasteiger partial charge >= 0.3 is 0 Å². The third-order valence-corrected chi connectivity index (χ3v) is 3.64. The molecule has 2 nitrogen and oxygen atoms in total. The predicted molar refractivity (Wildman–Crippen MR) is 59.3 cm³/mol. The minimum absolute atomic E-state index is 0.774. The first kappa shape index (κ1) is 9.21. The number of piperidine rings is 1. The van der Waals surface area contributed by atoms with E-state index in [2.05, 4.69) is 31.3 Å². The molecule has 0 spiro atoms. The van der Waals surface area contributed by atoms with Crippen LogP contribution in [0.2, 0.25) is 0 Å². The fourth-order valence-electron chi connectivity index (χ4n) is 1.75. The topological polar surface area (TPSA) is 15.3 Å². The molecular weight excluding hydrogens is 263 g/mol. The molecule has 0 bridgehead atoms. The van der Waals surface area contributed by atoms with E-state index in [1.807, 2.05) is 0 Å². The van der Waals surface area contributed by atoms with Crippen molar-refractivity contribution in [2.75, 3.05) is 19.6 Å². The summed E-state index contributed by atoms with van der Waals surface area (Å²) in [6.45, 7) is 3.80. The highest BCUT2D eigenvalue weighted by molar-refractivity contribution is 14.1. The Kier molecular flexibility index (Phi) is 3.26. The molecule has 0 aromatic rings. The summed E-state index contributed by atoms with van der Waals surface area (Å²) in [6.07, 6.45) is 5.68. The Labute approximate surface area is 88.6 Å². The summed E-state index contributed by atoms with van der Waals surface area (Å²) >= 11 is 2.44. The Morgan fingerprint density at radius 2 is 2.17 bits per heavy atom. The van der Waals surface area contributed by atoms with E-state index in [1.54, 1.807) is 0 Å². The SMILES string of the molecule is IN1CCC[C@@H](NCC2CC2)C1. The third kappa shape index (κ3) is 2.85. The molecule has 0 amide bonds. The number of rotatable bonds is 3. The van der Waals surface area contributed by atoms with Crippen molar-refractivity contribution in [1.29, 1.82) is 0 Å².